The third-order valence-electron chi connectivity index (χ3n) is 3.99. The molecule has 0 aromatic heterocycles. The zero-order valence-electron chi connectivity index (χ0n) is 11.1. The molecular formula is C14H18ClNO3S. The Bertz CT molecular complexity index is 519. The Hall–Kier alpha value is -0.460. The largest absolute Gasteiger partial charge is 0.347 e. The van der Waals surface area contributed by atoms with Crippen molar-refractivity contribution in [2.75, 3.05) is 13.2 Å². The Morgan fingerprint density at radius 1 is 1.30 bits per heavy atom. The molecule has 1 heterocycles. The second-order valence-corrected chi connectivity index (χ2v) is 7.33. The van der Waals surface area contributed by atoms with Gasteiger partial charge in [-0.2, -0.15) is 0 Å². The standard InChI is InChI=1S/C14H18ClNO3S/c15-10-3-1-2-4-12(10)20(17)13-9-14(6-5-11(13)16)18-7-8-19-14/h1-4,11,13H,5-9,16H2. The van der Waals surface area contributed by atoms with Gasteiger partial charge in [0.25, 0.3) is 0 Å². The maximum absolute atomic E-state index is 12.8. The fourth-order valence-electron chi connectivity index (χ4n) is 2.90. The summed E-state index contributed by atoms with van der Waals surface area (Å²) in [5, 5.41) is 0.327. The smallest absolute Gasteiger partial charge is 0.169 e. The van der Waals surface area contributed by atoms with Gasteiger partial charge in [0.15, 0.2) is 5.79 Å². The lowest BCUT2D eigenvalue weighted by molar-refractivity contribution is -0.177. The first-order valence-electron chi connectivity index (χ1n) is 6.80. The van der Waals surface area contributed by atoms with Crippen molar-refractivity contribution in [3.8, 4) is 0 Å². The molecule has 2 fully saturated rings. The molecule has 3 atom stereocenters. The summed E-state index contributed by atoms with van der Waals surface area (Å²) in [4.78, 5) is 0.643. The molecule has 4 nitrogen and oxygen atoms in total. The third kappa shape index (κ3) is 2.65. The van der Waals surface area contributed by atoms with Crippen molar-refractivity contribution in [2.24, 2.45) is 5.73 Å². The van der Waals surface area contributed by atoms with E-state index in [2.05, 4.69) is 0 Å². The number of rotatable bonds is 2. The van der Waals surface area contributed by atoms with Gasteiger partial charge in [0, 0.05) is 18.9 Å². The second kappa shape index (κ2) is 5.73. The molecular weight excluding hydrogens is 298 g/mol. The summed E-state index contributed by atoms with van der Waals surface area (Å²) < 4.78 is 24.3. The summed E-state index contributed by atoms with van der Waals surface area (Å²) in [6, 6.07) is 7.09. The number of hydrogen-bond donors (Lipinski definition) is 1. The van der Waals surface area contributed by atoms with Gasteiger partial charge in [-0.15, -0.1) is 0 Å². The highest BCUT2D eigenvalue weighted by Gasteiger charge is 2.46. The van der Waals surface area contributed by atoms with Crippen molar-refractivity contribution in [3.63, 3.8) is 0 Å². The van der Waals surface area contributed by atoms with Gasteiger partial charge in [-0.3, -0.25) is 4.21 Å². The van der Waals surface area contributed by atoms with Crippen LogP contribution in [0.4, 0.5) is 0 Å². The second-order valence-electron chi connectivity index (χ2n) is 5.28. The minimum absolute atomic E-state index is 0.120. The first kappa shape index (κ1) is 14.5. The summed E-state index contributed by atoms with van der Waals surface area (Å²) in [6.07, 6.45) is 2.08. The lowest BCUT2D eigenvalue weighted by atomic mass is 9.90. The Labute approximate surface area is 126 Å². The molecule has 1 aromatic carbocycles. The van der Waals surface area contributed by atoms with Crippen molar-refractivity contribution >= 4 is 22.4 Å². The van der Waals surface area contributed by atoms with Crippen molar-refractivity contribution in [1.82, 2.24) is 0 Å². The van der Waals surface area contributed by atoms with E-state index in [-0.39, 0.29) is 11.3 Å². The highest BCUT2D eigenvalue weighted by molar-refractivity contribution is 7.85. The lowest BCUT2D eigenvalue weighted by Crippen LogP contribution is -2.50. The maximum Gasteiger partial charge on any atom is 0.169 e. The summed E-state index contributed by atoms with van der Waals surface area (Å²) in [5.41, 5.74) is 6.17. The molecule has 110 valence electrons. The van der Waals surface area contributed by atoms with E-state index in [1.54, 1.807) is 12.1 Å². The van der Waals surface area contributed by atoms with Crippen LogP contribution < -0.4 is 5.73 Å². The van der Waals surface area contributed by atoms with Crippen LogP contribution in [-0.2, 0) is 20.3 Å². The Morgan fingerprint density at radius 2 is 2.00 bits per heavy atom. The SMILES string of the molecule is NC1CCC2(CC1S(=O)c1ccccc1Cl)OCCO2. The van der Waals surface area contributed by atoms with E-state index in [0.29, 0.717) is 29.6 Å². The summed E-state index contributed by atoms with van der Waals surface area (Å²) >= 11 is 6.14. The highest BCUT2D eigenvalue weighted by Crippen LogP contribution is 2.39. The van der Waals surface area contributed by atoms with Gasteiger partial charge in [0.1, 0.15) is 0 Å². The summed E-state index contributed by atoms with van der Waals surface area (Å²) in [6.45, 7) is 1.20. The lowest BCUT2D eigenvalue weighted by Gasteiger charge is -2.39. The minimum atomic E-state index is -1.25. The average molecular weight is 316 g/mol. The fraction of sp³-hybridized carbons (Fsp3) is 0.571. The molecule has 2 aliphatic rings. The van der Waals surface area contributed by atoms with Gasteiger partial charge in [-0.05, 0) is 18.6 Å². The van der Waals surface area contributed by atoms with Crippen LogP contribution in [0.3, 0.4) is 0 Å². The topological polar surface area (TPSA) is 61.6 Å². The number of ether oxygens (including phenoxy) is 2. The number of hydrogen-bond acceptors (Lipinski definition) is 4. The van der Waals surface area contributed by atoms with E-state index in [4.69, 9.17) is 26.8 Å². The van der Waals surface area contributed by atoms with Gasteiger partial charge in [0.05, 0.1) is 39.2 Å². The molecule has 3 unspecified atom stereocenters. The summed E-state index contributed by atoms with van der Waals surface area (Å²) in [5.74, 6) is -0.586. The number of nitrogens with two attached hydrogens (primary N) is 1. The van der Waals surface area contributed by atoms with Crippen LogP contribution in [-0.4, -0.2) is 34.5 Å². The average Bonchev–Trinajstić information content (AvgIpc) is 2.90. The predicted molar refractivity (Wildman–Crippen MR) is 78.1 cm³/mol. The van der Waals surface area contributed by atoms with E-state index in [0.717, 1.165) is 12.8 Å². The predicted octanol–water partition coefficient (Wildman–Crippen LogP) is 2.07. The van der Waals surface area contributed by atoms with Crippen molar-refractivity contribution in [1.29, 1.82) is 0 Å². The Balaban J connectivity index is 1.84. The van der Waals surface area contributed by atoms with Crippen LogP contribution in [0.15, 0.2) is 29.2 Å². The molecule has 3 rings (SSSR count). The van der Waals surface area contributed by atoms with Gasteiger partial charge < -0.3 is 15.2 Å². The number of benzene rings is 1. The zero-order chi connectivity index (χ0) is 14.2. The van der Waals surface area contributed by atoms with Crippen molar-refractivity contribution in [2.45, 2.75) is 41.2 Å². The third-order valence-corrected chi connectivity index (χ3v) is 6.29. The van der Waals surface area contributed by atoms with Crippen LogP contribution in [0.1, 0.15) is 19.3 Å². The van der Waals surface area contributed by atoms with E-state index in [1.807, 2.05) is 12.1 Å². The van der Waals surface area contributed by atoms with Gasteiger partial charge in [0.2, 0.25) is 0 Å². The molecule has 1 aromatic rings. The fourth-order valence-corrected chi connectivity index (χ4v) is 4.92. The molecule has 1 saturated heterocycles. The normalized spacial score (nSPS) is 30.5. The molecule has 0 amide bonds. The Morgan fingerprint density at radius 3 is 2.70 bits per heavy atom. The number of halogens is 1. The van der Waals surface area contributed by atoms with Gasteiger partial charge in [-0.25, -0.2) is 0 Å². The molecule has 1 aliphatic heterocycles. The Kier molecular flexibility index (Phi) is 4.15. The molecule has 0 radical (unpaired) electrons. The summed E-state index contributed by atoms with van der Waals surface area (Å²) in [7, 11) is -1.25. The van der Waals surface area contributed by atoms with Gasteiger partial charge in [-0.1, -0.05) is 23.7 Å². The molecule has 1 aliphatic carbocycles. The molecule has 20 heavy (non-hydrogen) atoms. The van der Waals surface area contributed by atoms with Crippen LogP contribution in [0, 0.1) is 0 Å². The zero-order valence-corrected chi connectivity index (χ0v) is 12.7. The quantitative estimate of drug-likeness (QED) is 0.907. The van der Waals surface area contributed by atoms with Crippen molar-refractivity contribution < 1.29 is 13.7 Å². The maximum atomic E-state index is 12.8. The molecule has 2 N–H and O–H groups in total. The van der Waals surface area contributed by atoms with E-state index < -0.39 is 16.6 Å². The van der Waals surface area contributed by atoms with Crippen LogP contribution in [0.25, 0.3) is 0 Å². The van der Waals surface area contributed by atoms with E-state index in [1.165, 1.54) is 0 Å². The first-order chi connectivity index (χ1) is 9.61. The molecule has 0 bridgehead atoms. The van der Waals surface area contributed by atoms with Crippen molar-refractivity contribution in [3.05, 3.63) is 29.3 Å². The highest BCUT2D eigenvalue weighted by atomic mass is 35.5. The monoisotopic (exact) mass is 315 g/mol. The van der Waals surface area contributed by atoms with Crippen LogP contribution >= 0.6 is 11.6 Å². The molecule has 1 spiro atoms. The van der Waals surface area contributed by atoms with Gasteiger partial charge >= 0.3 is 0 Å². The first-order valence-corrected chi connectivity index (χ1v) is 8.39. The molecule has 6 heteroatoms. The van der Waals surface area contributed by atoms with E-state index >= 15 is 0 Å². The van der Waals surface area contributed by atoms with Crippen LogP contribution in [0.2, 0.25) is 5.02 Å². The molecule has 1 saturated carbocycles. The van der Waals surface area contributed by atoms with Crippen LogP contribution in [0.5, 0.6) is 0 Å². The minimum Gasteiger partial charge on any atom is -0.347 e. The van der Waals surface area contributed by atoms with E-state index in [9.17, 15) is 4.21 Å².